The summed E-state index contributed by atoms with van der Waals surface area (Å²) in [5, 5.41) is 19.6. The number of nitrogens with zero attached hydrogens (tertiary/aromatic N) is 3. The van der Waals surface area contributed by atoms with Crippen molar-refractivity contribution in [2.24, 2.45) is 4.99 Å². The Bertz CT molecular complexity index is 3520. The molecule has 0 saturated heterocycles. The number of amidine groups is 2. The molecule has 5 nitrogen and oxygen atoms in total. The first-order valence-electron chi connectivity index (χ1n) is 20.4. The standard InChI is InChI=1S/C54H38N4OS/c1-54(30-45-40-20-10-11-22-49(40)60-50(45)31-54)57(2)53(33-13-4-3-5-14-33)56-52(55)41-21-12-19-38-32-59-48-24-23-39(29-44(48)51(38)41)58-46-27-36-17-8-6-15-34(36)25-42(46)43-26-35-16-7-9-18-37(35)28-47(43)58/h3-31,55H,32H2,1-2H3. The fourth-order valence-electron chi connectivity index (χ4n) is 9.48. The van der Waals surface area contributed by atoms with Crippen LogP contribution >= 0.6 is 11.3 Å². The summed E-state index contributed by atoms with van der Waals surface area (Å²) in [5.41, 5.74) is 7.57. The molecule has 8 aromatic carbocycles. The lowest BCUT2D eigenvalue weighted by atomic mass is 9.91. The van der Waals surface area contributed by atoms with Crippen LogP contribution in [0.4, 0.5) is 0 Å². The van der Waals surface area contributed by atoms with Gasteiger partial charge in [0.25, 0.3) is 0 Å². The summed E-state index contributed by atoms with van der Waals surface area (Å²) in [6, 6.07) is 58.0. The van der Waals surface area contributed by atoms with Gasteiger partial charge in [0.1, 0.15) is 18.2 Å². The van der Waals surface area contributed by atoms with Crippen molar-refractivity contribution in [3.8, 4) is 22.6 Å². The van der Waals surface area contributed by atoms with Gasteiger partial charge in [-0.2, -0.15) is 0 Å². The molecule has 1 aliphatic carbocycles. The molecule has 0 radical (unpaired) electrons. The summed E-state index contributed by atoms with van der Waals surface area (Å²) in [6.45, 7) is 2.65. The van der Waals surface area contributed by atoms with Gasteiger partial charge < -0.3 is 14.2 Å². The second kappa shape index (κ2) is 13.1. The summed E-state index contributed by atoms with van der Waals surface area (Å²) in [4.78, 5) is 7.47. The Labute approximate surface area is 350 Å². The predicted octanol–water partition coefficient (Wildman–Crippen LogP) is 11.6. The van der Waals surface area contributed by atoms with Crippen LogP contribution in [0, 0.1) is 5.41 Å². The number of fused-ring (bicyclic) bond motifs is 11. The summed E-state index contributed by atoms with van der Waals surface area (Å²) >= 11 is 1.83. The minimum absolute atomic E-state index is 0.201. The Morgan fingerprint density at radius 3 is 2.05 bits per heavy atom. The Morgan fingerprint density at radius 2 is 1.33 bits per heavy atom. The van der Waals surface area contributed by atoms with Crippen molar-refractivity contribution < 1.29 is 4.74 Å². The van der Waals surface area contributed by atoms with E-state index in [2.05, 4.69) is 169 Å². The van der Waals surface area contributed by atoms with Gasteiger partial charge in [0.2, 0.25) is 0 Å². The molecule has 6 heteroatoms. The highest BCUT2D eigenvalue weighted by molar-refractivity contribution is 7.17. The second-order valence-electron chi connectivity index (χ2n) is 16.2. The topological polar surface area (TPSA) is 53.6 Å². The molecule has 1 aliphatic heterocycles. The van der Waals surface area contributed by atoms with Gasteiger partial charge in [0.15, 0.2) is 5.84 Å². The molecule has 60 heavy (non-hydrogen) atoms. The van der Waals surface area contributed by atoms with Crippen molar-refractivity contribution in [2.75, 3.05) is 7.05 Å². The minimum Gasteiger partial charge on any atom is -0.488 e. The Balaban J connectivity index is 1.02. The van der Waals surface area contributed by atoms with Crippen molar-refractivity contribution >= 4 is 88.6 Å². The third kappa shape index (κ3) is 5.31. The molecule has 10 aromatic rings. The maximum Gasteiger partial charge on any atom is 0.154 e. The van der Waals surface area contributed by atoms with Crippen molar-refractivity contribution in [1.29, 1.82) is 5.41 Å². The third-order valence-corrected chi connectivity index (χ3v) is 13.7. The molecule has 0 amide bonds. The van der Waals surface area contributed by atoms with Crippen LogP contribution in [0.3, 0.4) is 0 Å². The maximum absolute atomic E-state index is 9.81. The lowest BCUT2D eigenvalue weighted by Crippen LogP contribution is -2.44. The molecule has 286 valence electrons. The summed E-state index contributed by atoms with van der Waals surface area (Å²) < 4.78 is 11.4. The number of hydrogen-bond acceptors (Lipinski definition) is 3. The molecule has 0 bridgehead atoms. The van der Waals surface area contributed by atoms with E-state index in [9.17, 15) is 5.41 Å². The highest BCUT2D eigenvalue weighted by Gasteiger charge is 2.32. The Morgan fingerprint density at radius 1 is 0.683 bits per heavy atom. The van der Waals surface area contributed by atoms with Crippen molar-refractivity contribution in [3.05, 3.63) is 190 Å². The number of hydrogen-bond donors (Lipinski definition) is 1. The van der Waals surface area contributed by atoms with Crippen LogP contribution in [0.15, 0.2) is 169 Å². The van der Waals surface area contributed by atoms with Crippen LogP contribution in [0.5, 0.6) is 5.75 Å². The van der Waals surface area contributed by atoms with E-state index in [-0.39, 0.29) is 5.84 Å². The fraction of sp³-hybridized carbons (Fsp3) is 0.0741. The number of rotatable bonds is 4. The largest absolute Gasteiger partial charge is 0.488 e. The van der Waals surface area contributed by atoms with Crippen molar-refractivity contribution in [3.63, 3.8) is 0 Å². The molecule has 1 unspecified atom stereocenters. The van der Waals surface area contributed by atoms with Crippen LogP contribution in [0.25, 0.3) is 82.4 Å². The van der Waals surface area contributed by atoms with Gasteiger partial charge >= 0.3 is 0 Å². The minimum atomic E-state index is -0.454. The SMILES string of the molecule is CN(C(=NC(=N)c1cccc2c1-c1cc(-n3c4cc5ccccc5cc4c4cc5ccccc5cc43)ccc1OC2)c1ccccc1)C1(C)C=c2sc3ccccc3c2=C1. The van der Waals surface area contributed by atoms with E-state index in [0.717, 1.165) is 56.1 Å². The average molecular weight is 791 g/mol. The molecule has 0 saturated carbocycles. The van der Waals surface area contributed by atoms with Gasteiger partial charge in [-0.3, -0.25) is 5.41 Å². The van der Waals surface area contributed by atoms with Gasteiger partial charge in [-0.25, -0.2) is 4.99 Å². The zero-order chi connectivity index (χ0) is 40.1. The number of aromatic nitrogens is 1. The molecule has 1 N–H and O–H groups in total. The molecule has 0 spiro atoms. The molecule has 0 fully saturated rings. The van der Waals surface area contributed by atoms with E-state index < -0.39 is 5.54 Å². The lowest BCUT2D eigenvalue weighted by Gasteiger charge is -2.35. The van der Waals surface area contributed by atoms with Crippen LogP contribution < -0.4 is 14.5 Å². The van der Waals surface area contributed by atoms with E-state index in [1.807, 2.05) is 41.7 Å². The number of benzene rings is 8. The van der Waals surface area contributed by atoms with Crippen LogP contribution in [-0.2, 0) is 6.61 Å². The maximum atomic E-state index is 9.81. The van der Waals surface area contributed by atoms with E-state index >= 15 is 0 Å². The van der Waals surface area contributed by atoms with Crippen LogP contribution in [0.1, 0.15) is 23.6 Å². The molecule has 2 aromatic heterocycles. The molecule has 1 atom stereocenters. The molecular formula is C54H38N4OS. The zero-order valence-corrected chi connectivity index (χ0v) is 33.9. The smallest absolute Gasteiger partial charge is 0.154 e. The number of thiophene rings is 1. The highest BCUT2D eigenvalue weighted by atomic mass is 32.1. The first-order valence-corrected chi connectivity index (χ1v) is 21.2. The van der Waals surface area contributed by atoms with Crippen LogP contribution in [0.2, 0.25) is 0 Å². The van der Waals surface area contributed by atoms with E-state index in [0.29, 0.717) is 6.61 Å². The van der Waals surface area contributed by atoms with E-state index in [1.165, 1.54) is 52.2 Å². The Kier molecular flexibility index (Phi) is 7.59. The summed E-state index contributed by atoms with van der Waals surface area (Å²) in [5.74, 6) is 1.74. The summed E-state index contributed by atoms with van der Waals surface area (Å²) in [7, 11) is 2.10. The predicted molar refractivity (Wildman–Crippen MR) is 252 cm³/mol. The van der Waals surface area contributed by atoms with Crippen molar-refractivity contribution in [1.82, 2.24) is 9.47 Å². The fourth-order valence-corrected chi connectivity index (χ4v) is 10.7. The number of ether oxygens (including phenoxy) is 1. The highest BCUT2D eigenvalue weighted by Crippen LogP contribution is 2.43. The average Bonchev–Trinajstić information content (AvgIpc) is 3.91. The second-order valence-corrected chi connectivity index (χ2v) is 17.3. The quantitative estimate of drug-likeness (QED) is 0.143. The molecule has 12 rings (SSSR count). The van der Waals surface area contributed by atoms with E-state index in [1.54, 1.807) is 0 Å². The zero-order valence-electron chi connectivity index (χ0n) is 33.1. The van der Waals surface area contributed by atoms with Gasteiger partial charge in [0, 0.05) is 60.4 Å². The van der Waals surface area contributed by atoms with Gasteiger partial charge in [-0.15, -0.1) is 11.3 Å². The summed E-state index contributed by atoms with van der Waals surface area (Å²) in [6.07, 6.45) is 4.69. The van der Waals surface area contributed by atoms with Gasteiger partial charge in [-0.1, -0.05) is 115 Å². The number of nitrogens with one attached hydrogen (secondary N) is 1. The Hall–Kier alpha value is -7.28. The van der Waals surface area contributed by atoms with E-state index in [4.69, 9.17) is 9.73 Å². The monoisotopic (exact) mass is 790 g/mol. The first kappa shape index (κ1) is 34.7. The number of aliphatic imine (C=N–C) groups is 1. The van der Waals surface area contributed by atoms with Crippen molar-refractivity contribution in [2.45, 2.75) is 19.1 Å². The van der Waals surface area contributed by atoms with Crippen LogP contribution in [-0.4, -0.2) is 33.7 Å². The molecule has 3 heterocycles. The normalized spacial score (nSPS) is 15.7. The lowest BCUT2D eigenvalue weighted by molar-refractivity contribution is 0.302. The first-order chi connectivity index (χ1) is 29.4. The van der Waals surface area contributed by atoms with Gasteiger partial charge in [0.05, 0.1) is 16.6 Å². The third-order valence-electron chi connectivity index (χ3n) is 12.6. The van der Waals surface area contributed by atoms with Gasteiger partial charge in [-0.05, 0) is 99.9 Å². The molecular weight excluding hydrogens is 753 g/mol. The molecule has 2 aliphatic rings.